The number of aryl methyl sites for hydroxylation is 1. The zero-order chi connectivity index (χ0) is 14.0. The monoisotopic (exact) mass is 387 g/mol. The van der Waals surface area contributed by atoms with Crippen LogP contribution in [0.25, 0.3) is 0 Å². The fourth-order valence-electron chi connectivity index (χ4n) is 1.59. The molecule has 1 aromatic heterocycles. The molecule has 1 aromatic carbocycles. The quantitative estimate of drug-likeness (QED) is 0.791. The van der Waals surface area contributed by atoms with E-state index < -0.39 is 5.97 Å². The summed E-state index contributed by atoms with van der Waals surface area (Å²) in [5.41, 5.74) is 1.89. The molecule has 0 atom stereocenters. The van der Waals surface area contributed by atoms with Gasteiger partial charge in [0.05, 0.1) is 11.3 Å². The first kappa shape index (κ1) is 14.0. The van der Waals surface area contributed by atoms with E-state index in [-0.39, 0.29) is 10.8 Å². The van der Waals surface area contributed by atoms with Gasteiger partial charge in [0.25, 0.3) is 5.91 Å². The fourth-order valence-corrected chi connectivity index (χ4v) is 2.88. The first-order chi connectivity index (χ1) is 9.00. The van der Waals surface area contributed by atoms with Gasteiger partial charge in [0, 0.05) is 3.57 Å². The van der Waals surface area contributed by atoms with Gasteiger partial charge in [-0.1, -0.05) is 12.1 Å². The average Bonchev–Trinajstić information content (AvgIpc) is 2.80. The van der Waals surface area contributed by atoms with Gasteiger partial charge in [0.2, 0.25) is 0 Å². The Morgan fingerprint density at radius 2 is 2.05 bits per heavy atom. The summed E-state index contributed by atoms with van der Waals surface area (Å²) in [6.45, 7) is 1.92. The molecule has 0 aliphatic carbocycles. The van der Waals surface area contributed by atoms with E-state index in [0.29, 0.717) is 11.3 Å². The van der Waals surface area contributed by atoms with Crippen molar-refractivity contribution in [2.75, 3.05) is 5.32 Å². The highest BCUT2D eigenvalue weighted by Gasteiger charge is 2.16. The maximum Gasteiger partial charge on any atom is 0.348 e. The average molecular weight is 387 g/mol. The Morgan fingerprint density at radius 1 is 1.32 bits per heavy atom. The number of anilines is 1. The van der Waals surface area contributed by atoms with Crippen LogP contribution in [0.2, 0.25) is 0 Å². The van der Waals surface area contributed by atoms with E-state index in [1.54, 1.807) is 23.6 Å². The molecule has 0 saturated heterocycles. The second kappa shape index (κ2) is 5.70. The second-order valence-corrected chi connectivity index (χ2v) is 5.85. The molecule has 19 heavy (non-hydrogen) atoms. The Balaban J connectivity index is 2.29. The van der Waals surface area contributed by atoms with Crippen molar-refractivity contribution in [3.05, 3.63) is 49.2 Å². The zero-order valence-electron chi connectivity index (χ0n) is 9.94. The molecule has 0 spiro atoms. The third-order valence-electron chi connectivity index (χ3n) is 2.54. The molecule has 0 saturated carbocycles. The SMILES string of the molecule is Cc1cccc(C(=O)Nc2ccsc2C(=O)O)c1I. The van der Waals surface area contributed by atoms with Crippen LogP contribution in [0.15, 0.2) is 29.6 Å². The van der Waals surface area contributed by atoms with Crippen molar-refractivity contribution in [3.63, 3.8) is 0 Å². The van der Waals surface area contributed by atoms with Crippen molar-refractivity contribution < 1.29 is 14.7 Å². The fraction of sp³-hybridized carbons (Fsp3) is 0.0769. The Labute approximate surface area is 127 Å². The largest absolute Gasteiger partial charge is 0.477 e. The number of nitrogens with one attached hydrogen (secondary N) is 1. The van der Waals surface area contributed by atoms with Crippen molar-refractivity contribution in [2.45, 2.75) is 6.92 Å². The summed E-state index contributed by atoms with van der Waals surface area (Å²) in [7, 11) is 0. The van der Waals surface area contributed by atoms with Gasteiger partial charge in [-0.15, -0.1) is 11.3 Å². The number of halogens is 1. The normalized spacial score (nSPS) is 10.2. The van der Waals surface area contributed by atoms with Crippen LogP contribution in [0.3, 0.4) is 0 Å². The van der Waals surface area contributed by atoms with Crippen LogP contribution in [0.1, 0.15) is 25.6 Å². The number of amides is 1. The van der Waals surface area contributed by atoms with Crippen LogP contribution in [0, 0.1) is 10.5 Å². The van der Waals surface area contributed by atoms with Crippen LogP contribution >= 0.6 is 33.9 Å². The van der Waals surface area contributed by atoms with Gasteiger partial charge in [-0.25, -0.2) is 4.79 Å². The lowest BCUT2D eigenvalue weighted by Gasteiger charge is -2.08. The summed E-state index contributed by atoms with van der Waals surface area (Å²) in [5.74, 6) is -1.33. The highest BCUT2D eigenvalue weighted by atomic mass is 127. The molecular formula is C13H10INO3S. The van der Waals surface area contributed by atoms with Crippen molar-refractivity contribution in [1.82, 2.24) is 0 Å². The van der Waals surface area contributed by atoms with Crippen molar-refractivity contribution in [2.24, 2.45) is 0 Å². The van der Waals surface area contributed by atoms with E-state index >= 15 is 0 Å². The number of aromatic carboxylic acids is 1. The maximum atomic E-state index is 12.2. The van der Waals surface area contributed by atoms with Gasteiger partial charge in [-0.05, 0) is 52.6 Å². The van der Waals surface area contributed by atoms with Crippen LogP contribution in [-0.4, -0.2) is 17.0 Å². The predicted octanol–water partition coefficient (Wildman–Crippen LogP) is 3.61. The number of benzene rings is 1. The summed E-state index contributed by atoms with van der Waals surface area (Å²) >= 11 is 3.19. The van der Waals surface area contributed by atoms with E-state index in [0.717, 1.165) is 20.5 Å². The molecule has 0 fully saturated rings. The molecule has 6 heteroatoms. The van der Waals surface area contributed by atoms with Gasteiger partial charge in [-0.2, -0.15) is 0 Å². The number of carbonyl (C=O) groups excluding carboxylic acids is 1. The van der Waals surface area contributed by atoms with E-state index in [1.165, 1.54) is 0 Å². The highest BCUT2D eigenvalue weighted by molar-refractivity contribution is 14.1. The minimum Gasteiger partial charge on any atom is -0.477 e. The molecule has 0 radical (unpaired) electrons. The van der Waals surface area contributed by atoms with Crippen molar-refractivity contribution >= 4 is 51.5 Å². The molecule has 1 amide bonds. The Morgan fingerprint density at radius 3 is 2.74 bits per heavy atom. The van der Waals surface area contributed by atoms with Gasteiger partial charge < -0.3 is 10.4 Å². The first-order valence-corrected chi connectivity index (χ1v) is 7.34. The Hall–Kier alpha value is -1.41. The smallest absolute Gasteiger partial charge is 0.348 e. The molecule has 0 bridgehead atoms. The molecule has 0 aliphatic rings. The van der Waals surface area contributed by atoms with E-state index in [4.69, 9.17) is 5.11 Å². The van der Waals surface area contributed by atoms with Gasteiger partial charge in [0.15, 0.2) is 0 Å². The van der Waals surface area contributed by atoms with Gasteiger partial charge >= 0.3 is 5.97 Å². The molecule has 98 valence electrons. The molecule has 0 aliphatic heterocycles. The number of thiophene rings is 1. The number of carboxylic acids is 1. The van der Waals surface area contributed by atoms with E-state index in [1.807, 2.05) is 13.0 Å². The number of carboxylic acid groups (broad SMARTS) is 1. The summed E-state index contributed by atoms with van der Waals surface area (Å²) in [5, 5.41) is 13.3. The van der Waals surface area contributed by atoms with E-state index in [9.17, 15) is 9.59 Å². The van der Waals surface area contributed by atoms with Crippen molar-refractivity contribution in [1.29, 1.82) is 0 Å². The molecule has 0 unspecified atom stereocenters. The third-order valence-corrected chi connectivity index (χ3v) is 4.88. The molecule has 1 heterocycles. The summed E-state index contributed by atoms with van der Waals surface area (Å²) in [6, 6.07) is 7.04. The molecule has 4 nitrogen and oxygen atoms in total. The lowest BCUT2D eigenvalue weighted by Crippen LogP contribution is -2.15. The minimum absolute atomic E-state index is 0.135. The topological polar surface area (TPSA) is 66.4 Å². The van der Waals surface area contributed by atoms with E-state index in [2.05, 4.69) is 27.9 Å². The van der Waals surface area contributed by atoms with Crippen molar-refractivity contribution in [3.8, 4) is 0 Å². The molecule has 2 N–H and O–H groups in total. The van der Waals surface area contributed by atoms with Crippen LogP contribution < -0.4 is 5.32 Å². The zero-order valence-corrected chi connectivity index (χ0v) is 12.9. The molecule has 2 aromatic rings. The number of hydrogen-bond acceptors (Lipinski definition) is 3. The maximum absolute atomic E-state index is 12.2. The molecule has 2 rings (SSSR count). The first-order valence-electron chi connectivity index (χ1n) is 5.38. The Bertz CT molecular complexity index is 651. The molecular weight excluding hydrogens is 377 g/mol. The predicted molar refractivity (Wildman–Crippen MR) is 83.1 cm³/mol. The number of hydrogen-bond donors (Lipinski definition) is 2. The lowest BCUT2D eigenvalue weighted by atomic mass is 10.1. The summed E-state index contributed by atoms with van der Waals surface area (Å²) in [4.78, 5) is 23.3. The van der Waals surface area contributed by atoms with Crippen LogP contribution in [0.4, 0.5) is 5.69 Å². The lowest BCUT2D eigenvalue weighted by molar-refractivity contribution is 0.0703. The van der Waals surface area contributed by atoms with Crippen LogP contribution in [-0.2, 0) is 0 Å². The highest BCUT2D eigenvalue weighted by Crippen LogP contribution is 2.24. The van der Waals surface area contributed by atoms with Crippen LogP contribution in [0.5, 0.6) is 0 Å². The number of carbonyl (C=O) groups is 2. The van der Waals surface area contributed by atoms with Gasteiger partial charge in [-0.3, -0.25) is 4.79 Å². The standard InChI is InChI=1S/C13H10INO3S/c1-7-3-2-4-8(10(7)14)12(16)15-9-5-6-19-11(9)13(17)18/h2-6H,1H3,(H,15,16)(H,17,18). The third kappa shape index (κ3) is 2.95. The Kier molecular flexibility index (Phi) is 4.20. The summed E-state index contributed by atoms with van der Waals surface area (Å²) in [6.07, 6.45) is 0. The summed E-state index contributed by atoms with van der Waals surface area (Å²) < 4.78 is 0.865. The van der Waals surface area contributed by atoms with Gasteiger partial charge in [0.1, 0.15) is 4.88 Å². The number of rotatable bonds is 3. The minimum atomic E-state index is -1.04. The second-order valence-electron chi connectivity index (χ2n) is 3.86.